The van der Waals surface area contributed by atoms with E-state index >= 15 is 0 Å². The van der Waals surface area contributed by atoms with Crippen molar-refractivity contribution in [3.05, 3.63) is 95.1 Å². The second-order valence-corrected chi connectivity index (χ2v) is 9.26. The van der Waals surface area contributed by atoms with E-state index < -0.39 is 23.9 Å². The number of fused-ring (bicyclic) bond motifs is 1. The van der Waals surface area contributed by atoms with Crippen molar-refractivity contribution < 1.29 is 13.2 Å². The predicted octanol–water partition coefficient (Wildman–Crippen LogP) is 5.89. The van der Waals surface area contributed by atoms with Crippen molar-refractivity contribution >= 4 is 35.0 Å². The summed E-state index contributed by atoms with van der Waals surface area (Å²) in [6.07, 6.45) is 3.64. The molecule has 0 spiro atoms. The van der Waals surface area contributed by atoms with Gasteiger partial charge in [-0.25, -0.2) is 14.4 Å². The lowest BCUT2D eigenvalue weighted by molar-refractivity contribution is 0.160. The molecule has 0 radical (unpaired) electrons. The number of thiazole rings is 1. The summed E-state index contributed by atoms with van der Waals surface area (Å²) in [5.41, 5.74) is 24.2. The van der Waals surface area contributed by atoms with Crippen LogP contribution in [0.25, 0.3) is 20.9 Å². The molecule has 2 aliphatic rings. The van der Waals surface area contributed by atoms with Gasteiger partial charge in [-0.05, 0) is 28.8 Å². The monoisotopic (exact) mass is 547 g/mol. The van der Waals surface area contributed by atoms with Gasteiger partial charge in [-0.3, -0.25) is 4.99 Å². The highest BCUT2D eigenvalue weighted by Crippen LogP contribution is 2.47. The first kappa shape index (κ1) is 26.0. The van der Waals surface area contributed by atoms with Crippen LogP contribution in [0.2, 0.25) is 5.02 Å². The third-order valence-corrected chi connectivity index (χ3v) is 6.85. The van der Waals surface area contributed by atoms with Gasteiger partial charge in [0.1, 0.15) is 11.9 Å². The van der Waals surface area contributed by atoms with Gasteiger partial charge in [-0.2, -0.15) is 8.78 Å². The summed E-state index contributed by atoms with van der Waals surface area (Å²) in [6, 6.07) is 2.83. The van der Waals surface area contributed by atoms with Crippen LogP contribution in [0.5, 0.6) is 0 Å². The Hall–Kier alpha value is -4.03. The zero-order valence-corrected chi connectivity index (χ0v) is 20.4. The van der Waals surface area contributed by atoms with Gasteiger partial charge in [0.05, 0.1) is 5.54 Å². The first-order chi connectivity index (χ1) is 17.8. The molecule has 1 aromatic heterocycles. The van der Waals surface area contributed by atoms with Crippen molar-refractivity contribution in [2.24, 2.45) is 25.9 Å². The maximum absolute atomic E-state index is 13.9. The molecule has 1 saturated heterocycles. The van der Waals surface area contributed by atoms with Crippen molar-refractivity contribution in [2.75, 3.05) is 13.1 Å². The number of azide groups is 2. The Bertz CT molecular complexity index is 1410. The lowest BCUT2D eigenvalue weighted by Crippen LogP contribution is -2.38. The fourth-order valence-electron chi connectivity index (χ4n) is 4.29. The van der Waals surface area contributed by atoms with Crippen molar-refractivity contribution in [3.63, 3.8) is 0 Å². The summed E-state index contributed by atoms with van der Waals surface area (Å²) in [4.78, 5) is 19.9. The van der Waals surface area contributed by atoms with E-state index in [9.17, 15) is 18.7 Å². The van der Waals surface area contributed by atoms with Crippen LogP contribution in [-0.2, 0) is 0 Å². The molecule has 0 saturated carbocycles. The van der Waals surface area contributed by atoms with Crippen LogP contribution in [0.15, 0.2) is 73.0 Å². The number of nitrogens with zero attached hydrogens (tertiary/aromatic N) is 10. The standard InChI is InChI=1S/C21H17ClF3N11S/c22-14-5-12(23)1-2-13(14)17-16(11(7-26)8-30-20(24)25)15-6-21(33-35-28,9-31-34-27)10-36(15)18(32-17)19-29-3-4-37-19/h1-5,7-8,17,20H,6,9-10,26H2/t17-,21-/m0/s1. The normalized spacial score (nSPS) is 21.6. The average Bonchev–Trinajstić information content (AvgIpc) is 3.52. The molecule has 1 aromatic carbocycles. The van der Waals surface area contributed by atoms with E-state index in [1.807, 2.05) is 0 Å². The van der Waals surface area contributed by atoms with Crippen LogP contribution in [-0.4, -0.2) is 47.1 Å². The number of halogens is 4. The molecule has 0 amide bonds. The van der Waals surface area contributed by atoms with Crippen LogP contribution in [0.3, 0.4) is 0 Å². The van der Waals surface area contributed by atoms with Gasteiger partial charge in [-0.15, -0.1) is 11.3 Å². The lowest BCUT2D eigenvalue weighted by Gasteiger charge is -2.33. The molecule has 4 rings (SSSR count). The number of hydrogen-bond acceptors (Lipinski definition) is 8. The number of hydrogen-bond donors (Lipinski definition) is 1. The van der Waals surface area contributed by atoms with Crippen molar-refractivity contribution in [1.82, 2.24) is 9.88 Å². The Balaban J connectivity index is 2.02. The van der Waals surface area contributed by atoms with Crippen molar-refractivity contribution in [2.45, 2.75) is 24.6 Å². The predicted molar refractivity (Wildman–Crippen MR) is 134 cm³/mol. The second-order valence-electron chi connectivity index (χ2n) is 7.96. The fraction of sp³-hybridized carbons (Fsp3) is 0.286. The highest BCUT2D eigenvalue weighted by Gasteiger charge is 2.47. The molecule has 0 aliphatic carbocycles. The topological polar surface area (TPSA) is 164 Å². The smallest absolute Gasteiger partial charge is 0.331 e. The van der Waals surface area contributed by atoms with E-state index in [2.05, 4.69) is 30.0 Å². The van der Waals surface area contributed by atoms with Crippen LogP contribution < -0.4 is 5.73 Å². The zero-order chi connectivity index (χ0) is 26.6. The van der Waals surface area contributed by atoms with E-state index in [1.54, 1.807) is 16.5 Å². The molecule has 2 atom stereocenters. The maximum Gasteiger partial charge on any atom is 0.331 e. The summed E-state index contributed by atoms with van der Waals surface area (Å²) >= 11 is 7.70. The minimum atomic E-state index is -3.00. The van der Waals surface area contributed by atoms with E-state index in [0.29, 0.717) is 27.7 Å². The highest BCUT2D eigenvalue weighted by atomic mass is 35.5. The lowest BCUT2D eigenvalue weighted by atomic mass is 9.88. The Morgan fingerprint density at radius 3 is 2.81 bits per heavy atom. The molecule has 1 fully saturated rings. The van der Waals surface area contributed by atoms with Crippen molar-refractivity contribution in [1.29, 1.82) is 0 Å². The molecule has 0 bridgehead atoms. The van der Waals surface area contributed by atoms with Gasteiger partial charge in [-0.1, -0.05) is 27.9 Å². The Labute approximate surface area is 216 Å². The summed E-state index contributed by atoms with van der Waals surface area (Å²) < 4.78 is 39.9. The quantitative estimate of drug-likeness (QED) is 0.143. The molecule has 11 nitrogen and oxygen atoms in total. The van der Waals surface area contributed by atoms with Crippen LogP contribution >= 0.6 is 22.9 Å². The largest absolute Gasteiger partial charge is 0.404 e. The minimum Gasteiger partial charge on any atom is -0.404 e. The van der Waals surface area contributed by atoms with E-state index in [1.165, 1.54) is 23.5 Å². The molecule has 16 heteroatoms. The molecule has 2 aromatic rings. The Kier molecular flexibility index (Phi) is 7.69. The van der Waals surface area contributed by atoms with Gasteiger partial charge < -0.3 is 10.6 Å². The van der Waals surface area contributed by atoms with Gasteiger partial charge in [0, 0.05) is 75.2 Å². The number of amidine groups is 1. The molecule has 0 unspecified atom stereocenters. The molecule has 2 N–H and O–H groups in total. The summed E-state index contributed by atoms with van der Waals surface area (Å²) in [7, 11) is 0. The van der Waals surface area contributed by atoms with E-state index in [4.69, 9.17) is 27.9 Å². The van der Waals surface area contributed by atoms with Crippen molar-refractivity contribution in [3.8, 4) is 0 Å². The van der Waals surface area contributed by atoms with Crippen LogP contribution in [0, 0.1) is 5.82 Å². The highest BCUT2D eigenvalue weighted by molar-refractivity contribution is 7.11. The third-order valence-electron chi connectivity index (χ3n) is 5.75. The first-order valence-electron chi connectivity index (χ1n) is 10.6. The average molecular weight is 548 g/mol. The van der Waals surface area contributed by atoms with Crippen LogP contribution in [0.4, 0.5) is 13.2 Å². The second kappa shape index (κ2) is 10.9. The van der Waals surface area contributed by atoms with E-state index in [-0.39, 0.29) is 30.1 Å². The van der Waals surface area contributed by atoms with Crippen LogP contribution in [0.1, 0.15) is 23.0 Å². The summed E-state index contributed by atoms with van der Waals surface area (Å²) in [5.74, 6) is -0.187. The number of aliphatic imine (C=N–C) groups is 2. The number of aromatic nitrogens is 1. The number of alkyl halides is 2. The van der Waals surface area contributed by atoms with Gasteiger partial charge in [0.25, 0.3) is 0 Å². The molecule has 37 heavy (non-hydrogen) atoms. The molecule has 190 valence electrons. The Morgan fingerprint density at radius 2 is 2.19 bits per heavy atom. The fourth-order valence-corrected chi connectivity index (χ4v) is 5.20. The third kappa shape index (κ3) is 5.25. The number of benzene rings is 1. The molecular formula is C21H17ClF3N11S. The Morgan fingerprint density at radius 1 is 1.38 bits per heavy atom. The van der Waals surface area contributed by atoms with Gasteiger partial charge >= 0.3 is 6.55 Å². The molecular weight excluding hydrogens is 531 g/mol. The van der Waals surface area contributed by atoms with Gasteiger partial charge in [0.15, 0.2) is 10.8 Å². The molecule has 3 heterocycles. The SMILES string of the molecule is [N-]=[N+]=NC[C@@]1(N=[N+]=[N-])CC2=C(C(C=NC(F)F)=CN)[C@H](c3ccc(F)cc3Cl)N=C(c3nccs3)N2C1. The minimum absolute atomic E-state index is 0.0466. The number of rotatable bonds is 8. The zero-order valence-electron chi connectivity index (χ0n) is 18.8. The first-order valence-corrected chi connectivity index (χ1v) is 11.8. The summed E-state index contributed by atoms with van der Waals surface area (Å²) in [5, 5.41) is 9.88. The molecule has 2 aliphatic heterocycles. The summed E-state index contributed by atoms with van der Waals surface area (Å²) in [6.45, 7) is -3.12. The number of nitrogens with two attached hydrogens (primary N) is 1. The van der Waals surface area contributed by atoms with Gasteiger partial charge in [0.2, 0.25) is 0 Å². The van der Waals surface area contributed by atoms with E-state index in [0.717, 1.165) is 18.5 Å². The maximum atomic E-state index is 13.9.